The zero-order valence-electron chi connectivity index (χ0n) is 10.8. The predicted molar refractivity (Wildman–Crippen MR) is 76.2 cm³/mol. The van der Waals surface area contributed by atoms with Gasteiger partial charge in [-0.2, -0.15) is 0 Å². The van der Waals surface area contributed by atoms with E-state index in [1.807, 2.05) is 0 Å². The van der Waals surface area contributed by atoms with Crippen LogP contribution in [-0.2, 0) is 11.2 Å². The molecule has 3 N–H and O–H groups in total. The second kappa shape index (κ2) is 5.09. The first kappa shape index (κ1) is 14.0. The molecule has 3 nitrogen and oxygen atoms in total. The second-order valence-electron chi connectivity index (χ2n) is 4.87. The molecule has 0 saturated carbocycles. The third-order valence-corrected chi connectivity index (χ3v) is 3.82. The van der Waals surface area contributed by atoms with Gasteiger partial charge < -0.3 is 11.1 Å². The van der Waals surface area contributed by atoms with Gasteiger partial charge in [-0.1, -0.05) is 17.7 Å². The van der Waals surface area contributed by atoms with E-state index in [2.05, 4.69) is 5.32 Å². The molecular weight excluding hydrogens is 298 g/mol. The van der Waals surface area contributed by atoms with E-state index in [9.17, 15) is 13.6 Å². The quantitative estimate of drug-likeness (QED) is 0.895. The molecule has 21 heavy (non-hydrogen) atoms. The number of amides is 1. The van der Waals surface area contributed by atoms with Crippen molar-refractivity contribution in [2.24, 2.45) is 5.73 Å². The van der Waals surface area contributed by atoms with Crippen LogP contribution in [0.4, 0.5) is 14.5 Å². The first-order chi connectivity index (χ1) is 9.97. The van der Waals surface area contributed by atoms with E-state index in [4.69, 9.17) is 17.3 Å². The molecule has 1 heterocycles. The highest BCUT2D eigenvalue weighted by atomic mass is 35.5. The topological polar surface area (TPSA) is 55.1 Å². The lowest BCUT2D eigenvalue weighted by molar-refractivity contribution is -0.115. The minimum absolute atomic E-state index is 0.149. The number of hydrogen-bond donors (Lipinski definition) is 2. The zero-order chi connectivity index (χ0) is 15.1. The van der Waals surface area contributed by atoms with Crippen molar-refractivity contribution in [1.82, 2.24) is 0 Å². The van der Waals surface area contributed by atoms with E-state index in [-0.39, 0.29) is 22.9 Å². The van der Waals surface area contributed by atoms with E-state index < -0.39 is 17.7 Å². The van der Waals surface area contributed by atoms with Gasteiger partial charge in [0.05, 0.1) is 12.5 Å². The largest absolute Gasteiger partial charge is 0.325 e. The highest BCUT2D eigenvalue weighted by Crippen LogP contribution is 2.35. The Morgan fingerprint density at radius 1 is 1.24 bits per heavy atom. The van der Waals surface area contributed by atoms with E-state index >= 15 is 0 Å². The molecule has 0 bridgehead atoms. The normalized spacial score (nSPS) is 14.8. The number of halogens is 3. The van der Waals surface area contributed by atoms with Crippen molar-refractivity contribution in [3.8, 4) is 0 Å². The van der Waals surface area contributed by atoms with Crippen LogP contribution >= 0.6 is 11.6 Å². The Morgan fingerprint density at radius 3 is 2.57 bits per heavy atom. The molecule has 0 spiro atoms. The standard InChI is InChI=1S/C15H11ClF2N2O/c16-9-6-12-7(5-13(21)20-12)4-8(9)15(19)14-10(17)2-1-3-11(14)18/h1-4,6,15H,5,19H2,(H,20,21). The summed E-state index contributed by atoms with van der Waals surface area (Å²) in [5, 5.41) is 2.91. The third-order valence-electron chi connectivity index (χ3n) is 3.49. The highest BCUT2D eigenvalue weighted by molar-refractivity contribution is 6.32. The average molecular weight is 309 g/mol. The Balaban J connectivity index is 2.09. The van der Waals surface area contributed by atoms with Gasteiger partial charge in [-0.25, -0.2) is 8.78 Å². The first-order valence-corrected chi connectivity index (χ1v) is 6.67. The van der Waals surface area contributed by atoms with Gasteiger partial charge in [0.15, 0.2) is 0 Å². The molecule has 1 aliphatic heterocycles. The lowest BCUT2D eigenvalue weighted by atomic mass is 9.96. The number of carbonyl (C=O) groups excluding carboxylic acids is 1. The summed E-state index contributed by atoms with van der Waals surface area (Å²) >= 11 is 6.13. The smallest absolute Gasteiger partial charge is 0.228 e. The summed E-state index contributed by atoms with van der Waals surface area (Å²) in [4.78, 5) is 11.4. The van der Waals surface area contributed by atoms with Crippen molar-refractivity contribution in [1.29, 1.82) is 0 Å². The van der Waals surface area contributed by atoms with Crippen LogP contribution in [-0.4, -0.2) is 5.91 Å². The van der Waals surface area contributed by atoms with Crippen molar-refractivity contribution in [3.63, 3.8) is 0 Å². The fourth-order valence-electron chi connectivity index (χ4n) is 2.47. The van der Waals surface area contributed by atoms with Crippen LogP contribution in [0, 0.1) is 11.6 Å². The number of fused-ring (bicyclic) bond motifs is 1. The Kier molecular flexibility index (Phi) is 3.39. The summed E-state index contributed by atoms with van der Waals surface area (Å²) in [7, 11) is 0. The number of hydrogen-bond acceptors (Lipinski definition) is 2. The molecule has 0 aromatic heterocycles. The van der Waals surface area contributed by atoms with Crippen LogP contribution in [0.1, 0.15) is 22.7 Å². The molecule has 2 aromatic carbocycles. The average Bonchev–Trinajstić information content (AvgIpc) is 2.76. The molecule has 0 radical (unpaired) electrons. The second-order valence-corrected chi connectivity index (χ2v) is 5.28. The van der Waals surface area contributed by atoms with Crippen molar-refractivity contribution in [2.45, 2.75) is 12.5 Å². The molecule has 0 saturated heterocycles. The van der Waals surface area contributed by atoms with Gasteiger partial charge in [0.1, 0.15) is 11.6 Å². The summed E-state index contributed by atoms with van der Waals surface area (Å²) in [5.74, 6) is -1.61. The van der Waals surface area contributed by atoms with Crippen molar-refractivity contribution in [2.75, 3.05) is 5.32 Å². The Morgan fingerprint density at radius 2 is 1.90 bits per heavy atom. The molecule has 3 rings (SSSR count). The lowest BCUT2D eigenvalue weighted by Crippen LogP contribution is -2.16. The number of nitrogens with one attached hydrogen (secondary N) is 1. The summed E-state index contributed by atoms with van der Waals surface area (Å²) in [5.41, 5.74) is 7.44. The molecule has 6 heteroatoms. The van der Waals surface area contributed by atoms with Crippen LogP contribution in [0.3, 0.4) is 0 Å². The van der Waals surface area contributed by atoms with Crippen molar-refractivity contribution < 1.29 is 13.6 Å². The maximum atomic E-state index is 13.8. The molecule has 1 unspecified atom stereocenters. The molecule has 108 valence electrons. The minimum atomic E-state index is -1.04. The van der Waals surface area contributed by atoms with Crippen LogP contribution < -0.4 is 11.1 Å². The van der Waals surface area contributed by atoms with E-state index in [1.54, 1.807) is 12.1 Å². The van der Waals surface area contributed by atoms with Gasteiger partial charge >= 0.3 is 0 Å². The third kappa shape index (κ3) is 2.39. The molecular formula is C15H11ClF2N2O. The van der Waals surface area contributed by atoms with Gasteiger partial charge in [-0.05, 0) is 35.4 Å². The fourth-order valence-corrected chi connectivity index (χ4v) is 2.75. The Bertz CT molecular complexity index is 728. The maximum Gasteiger partial charge on any atom is 0.228 e. The van der Waals surface area contributed by atoms with Gasteiger partial charge in [-0.15, -0.1) is 0 Å². The number of benzene rings is 2. The van der Waals surface area contributed by atoms with Gasteiger partial charge in [0, 0.05) is 16.3 Å². The molecule has 0 fully saturated rings. The number of nitrogens with two attached hydrogens (primary N) is 1. The Labute approximate surface area is 124 Å². The number of rotatable bonds is 2. The first-order valence-electron chi connectivity index (χ1n) is 6.29. The van der Waals surface area contributed by atoms with Crippen molar-refractivity contribution >= 4 is 23.2 Å². The predicted octanol–water partition coefficient (Wildman–Crippen LogP) is 3.16. The maximum absolute atomic E-state index is 13.8. The Hall–Kier alpha value is -1.98. The van der Waals surface area contributed by atoms with Gasteiger partial charge in [-0.3, -0.25) is 4.79 Å². The van der Waals surface area contributed by atoms with Crippen LogP contribution in [0.5, 0.6) is 0 Å². The zero-order valence-corrected chi connectivity index (χ0v) is 11.5. The van der Waals surface area contributed by atoms with Crippen molar-refractivity contribution in [3.05, 3.63) is 63.7 Å². The molecule has 1 atom stereocenters. The monoisotopic (exact) mass is 308 g/mol. The van der Waals surface area contributed by atoms with Gasteiger partial charge in [0.2, 0.25) is 5.91 Å². The molecule has 0 aliphatic carbocycles. The SMILES string of the molecule is NC(c1cc2c(cc1Cl)NC(=O)C2)c1c(F)cccc1F. The fraction of sp³-hybridized carbons (Fsp3) is 0.133. The van der Waals surface area contributed by atoms with E-state index in [0.717, 1.165) is 12.1 Å². The minimum Gasteiger partial charge on any atom is -0.325 e. The van der Waals surface area contributed by atoms with E-state index in [0.29, 0.717) is 16.8 Å². The number of anilines is 1. The van der Waals surface area contributed by atoms with Crippen LogP contribution in [0.25, 0.3) is 0 Å². The van der Waals surface area contributed by atoms with Crippen LogP contribution in [0.2, 0.25) is 5.02 Å². The highest BCUT2D eigenvalue weighted by Gasteiger charge is 2.25. The lowest BCUT2D eigenvalue weighted by Gasteiger charge is -2.17. The molecule has 2 aromatic rings. The van der Waals surface area contributed by atoms with Crippen LogP contribution in [0.15, 0.2) is 30.3 Å². The van der Waals surface area contributed by atoms with Gasteiger partial charge in [0.25, 0.3) is 0 Å². The number of carbonyl (C=O) groups is 1. The molecule has 1 aliphatic rings. The molecule has 1 amide bonds. The summed E-state index contributed by atoms with van der Waals surface area (Å²) < 4.78 is 27.6. The van der Waals surface area contributed by atoms with E-state index in [1.165, 1.54) is 6.07 Å². The summed E-state index contributed by atoms with van der Waals surface area (Å²) in [6.45, 7) is 0. The summed E-state index contributed by atoms with van der Waals surface area (Å²) in [6, 6.07) is 5.69. The summed E-state index contributed by atoms with van der Waals surface area (Å²) in [6.07, 6.45) is 0.200.